The van der Waals surface area contributed by atoms with E-state index in [9.17, 15) is 9.59 Å². The number of nitrogens with zero attached hydrogens (tertiary/aromatic N) is 1. The van der Waals surface area contributed by atoms with E-state index in [1.54, 1.807) is 6.92 Å². The Hall–Kier alpha value is -1.10. The van der Waals surface area contributed by atoms with Crippen LogP contribution in [0.2, 0.25) is 0 Å². The highest BCUT2D eigenvalue weighted by Crippen LogP contribution is 2.22. The van der Waals surface area contributed by atoms with Crippen molar-refractivity contribution in [1.82, 2.24) is 4.90 Å². The van der Waals surface area contributed by atoms with Gasteiger partial charge in [-0.2, -0.15) is 0 Å². The Bertz CT molecular complexity index is 328. The summed E-state index contributed by atoms with van der Waals surface area (Å²) >= 11 is 0. The summed E-state index contributed by atoms with van der Waals surface area (Å²) in [6.07, 6.45) is 1.98. The summed E-state index contributed by atoms with van der Waals surface area (Å²) in [5, 5.41) is 0. The molecule has 5 nitrogen and oxygen atoms in total. The zero-order valence-corrected chi connectivity index (χ0v) is 12.4. The average molecular weight is 270 g/mol. The molecule has 1 heterocycles. The summed E-state index contributed by atoms with van der Waals surface area (Å²) in [7, 11) is 0. The predicted molar refractivity (Wildman–Crippen MR) is 73.4 cm³/mol. The maximum Gasteiger partial charge on any atom is 0.307 e. The van der Waals surface area contributed by atoms with Crippen LogP contribution in [0.4, 0.5) is 0 Å². The minimum Gasteiger partial charge on any atom is -0.460 e. The fraction of sp³-hybridized carbons (Fsp3) is 0.857. The first-order valence-corrected chi connectivity index (χ1v) is 6.92. The topological polar surface area (TPSA) is 72.6 Å². The van der Waals surface area contributed by atoms with E-state index in [1.165, 1.54) is 0 Å². The molecule has 0 radical (unpaired) electrons. The molecular formula is C14H26N2O3. The fourth-order valence-corrected chi connectivity index (χ4v) is 2.38. The number of piperidine rings is 1. The maximum atomic E-state index is 11.7. The first-order chi connectivity index (χ1) is 8.69. The van der Waals surface area contributed by atoms with Gasteiger partial charge in [0.05, 0.1) is 6.42 Å². The molecule has 0 saturated carbocycles. The number of amides is 1. The zero-order chi connectivity index (χ0) is 14.6. The van der Waals surface area contributed by atoms with E-state index in [-0.39, 0.29) is 24.3 Å². The van der Waals surface area contributed by atoms with Gasteiger partial charge in [-0.3, -0.25) is 9.59 Å². The van der Waals surface area contributed by atoms with E-state index in [1.807, 2.05) is 25.7 Å². The molecule has 0 aromatic carbocycles. The van der Waals surface area contributed by atoms with Gasteiger partial charge in [-0.05, 0) is 39.5 Å². The minimum atomic E-state index is -0.463. The van der Waals surface area contributed by atoms with Gasteiger partial charge < -0.3 is 15.4 Å². The molecule has 1 unspecified atom stereocenters. The van der Waals surface area contributed by atoms with Crippen LogP contribution in [0.5, 0.6) is 0 Å². The van der Waals surface area contributed by atoms with Crippen LogP contribution in [-0.4, -0.2) is 41.5 Å². The van der Waals surface area contributed by atoms with E-state index in [2.05, 4.69) is 0 Å². The molecule has 1 saturated heterocycles. The third-order valence-electron chi connectivity index (χ3n) is 3.41. The highest BCUT2D eigenvalue weighted by atomic mass is 16.6. The van der Waals surface area contributed by atoms with Crippen LogP contribution in [-0.2, 0) is 14.3 Å². The lowest BCUT2D eigenvalue weighted by molar-refractivity contribution is -0.155. The quantitative estimate of drug-likeness (QED) is 0.785. The molecule has 0 aromatic heterocycles. The Balaban J connectivity index is 2.37. The van der Waals surface area contributed by atoms with Crippen LogP contribution in [0.25, 0.3) is 0 Å². The molecule has 0 aromatic rings. The Morgan fingerprint density at radius 1 is 1.32 bits per heavy atom. The highest BCUT2D eigenvalue weighted by molar-refractivity contribution is 5.73. The van der Waals surface area contributed by atoms with Crippen LogP contribution in [0, 0.1) is 5.92 Å². The van der Waals surface area contributed by atoms with Crippen LogP contribution in [0.1, 0.15) is 47.0 Å². The number of nitrogens with two attached hydrogens (primary N) is 1. The molecule has 5 heteroatoms. The summed E-state index contributed by atoms with van der Waals surface area (Å²) in [5.74, 6) is 0.163. The Labute approximate surface area is 115 Å². The van der Waals surface area contributed by atoms with Gasteiger partial charge in [0.2, 0.25) is 5.91 Å². The number of carbonyl (C=O) groups excluding carboxylic acids is 2. The first kappa shape index (κ1) is 16.0. The summed E-state index contributed by atoms with van der Waals surface area (Å²) < 4.78 is 5.28. The molecule has 0 bridgehead atoms. The molecule has 110 valence electrons. The Morgan fingerprint density at radius 2 is 1.84 bits per heavy atom. The van der Waals surface area contributed by atoms with Crippen LogP contribution < -0.4 is 5.73 Å². The smallest absolute Gasteiger partial charge is 0.307 e. The summed E-state index contributed by atoms with van der Waals surface area (Å²) in [6.45, 7) is 8.61. The van der Waals surface area contributed by atoms with Crippen molar-refractivity contribution in [2.75, 3.05) is 13.1 Å². The lowest BCUT2D eigenvalue weighted by atomic mass is 9.88. The molecule has 1 aliphatic rings. The molecule has 19 heavy (non-hydrogen) atoms. The second-order valence-electron chi connectivity index (χ2n) is 6.30. The number of likely N-dealkylation sites (tertiary alicyclic amines) is 1. The number of rotatable bonds is 3. The fourth-order valence-electron chi connectivity index (χ4n) is 2.38. The molecule has 0 aliphatic carbocycles. The number of hydrogen-bond acceptors (Lipinski definition) is 4. The number of hydrogen-bond donors (Lipinski definition) is 1. The Morgan fingerprint density at radius 3 is 2.26 bits per heavy atom. The molecular weight excluding hydrogens is 244 g/mol. The van der Waals surface area contributed by atoms with Crippen molar-refractivity contribution >= 4 is 11.9 Å². The van der Waals surface area contributed by atoms with Crippen LogP contribution in [0.3, 0.4) is 0 Å². The third kappa shape index (κ3) is 5.59. The lowest BCUT2D eigenvalue weighted by Gasteiger charge is -2.34. The molecule has 1 amide bonds. The molecule has 2 N–H and O–H groups in total. The van der Waals surface area contributed by atoms with E-state index in [4.69, 9.17) is 10.5 Å². The first-order valence-electron chi connectivity index (χ1n) is 6.92. The minimum absolute atomic E-state index is 0.110. The van der Waals surface area contributed by atoms with Crippen molar-refractivity contribution in [2.24, 2.45) is 11.7 Å². The second kappa shape index (κ2) is 6.37. The second-order valence-corrected chi connectivity index (χ2v) is 6.30. The maximum absolute atomic E-state index is 11.7. The van der Waals surface area contributed by atoms with Crippen molar-refractivity contribution in [3.63, 3.8) is 0 Å². The highest BCUT2D eigenvalue weighted by Gasteiger charge is 2.28. The van der Waals surface area contributed by atoms with Crippen molar-refractivity contribution in [1.29, 1.82) is 0 Å². The van der Waals surface area contributed by atoms with Crippen LogP contribution >= 0.6 is 0 Å². The van der Waals surface area contributed by atoms with Gasteiger partial charge in [0.1, 0.15) is 5.60 Å². The van der Waals surface area contributed by atoms with Gasteiger partial charge in [-0.25, -0.2) is 0 Å². The SMILES string of the molecule is CC(=O)N1CCC(C(N)CC(=O)OC(C)(C)C)CC1. The predicted octanol–water partition coefficient (Wildman–Crippen LogP) is 1.30. The largest absolute Gasteiger partial charge is 0.460 e. The summed E-state index contributed by atoms with van der Waals surface area (Å²) in [6, 6.07) is -0.177. The standard InChI is InChI=1S/C14H26N2O3/c1-10(17)16-7-5-11(6-8-16)12(15)9-13(18)19-14(2,3)4/h11-12H,5-9,15H2,1-4H3. The normalized spacial score (nSPS) is 19.1. The van der Waals surface area contributed by atoms with Gasteiger partial charge in [-0.1, -0.05) is 0 Å². The van der Waals surface area contributed by atoms with E-state index >= 15 is 0 Å². The van der Waals surface area contributed by atoms with E-state index < -0.39 is 5.60 Å². The summed E-state index contributed by atoms with van der Waals surface area (Å²) in [4.78, 5) is 24.8. The molecule has 0 spiro atoms. The molecule has 1 aliphatic heterocycles. The van der Waals surface area contributed by atoms with Gasteiger partial charge >= 0.3 is 5.97 Å². The molecule has 1 atom stereocenters. The zero-order valence-electron chi connectivity index (χ0n) is 12.4. The average Bonchev–Trinajstić information content (AvgIpc) is 2.26. The van der Waals surface area contributed by atoms with Gasteiger partial charge in [0, 0.05) is 26.1 Å². The van der Waals surface area contributed by atoms with Crippen molar-refractivity contribution < 1.29 is 14.3 Å². The Kier molecular flexibility index (Phi) is 5.35. The monoisotopic (exact) mass is 270 g/mol. The molecule has 1 fully saturated rings. The lowest BCUT2D eigenvalue weighted by Crippen LogP contribution is -2.43. The number of esters is 1. The van der Waals surface area contributed by atoms with Gasteiger partial charge in [0.15, 0.2) is 0 Å². The van der Waals surface area contributed by atoms with Crippen molar-refractivity contribution in [2.45, 2.75) is 58.6 Å². The number of carbonyl (C=O) groups is 2. The summed E-state index contributed by atoms with van der Waals surface area (Å²) in [5.41, 5.74) is 5.62. The third-order valence-corrected chi connectivity index (χ3v) is 3.41. The van der Waals surface area contributed by atoms with Crippen LogP contribution in [0.15, 0.2) is 0 Å². The van der Waals surface area contributed by atoms with Crippen molar-refractivity contribution in [3.8, 4) is 0 Å². The van der Waals surface area contributed by atoms with E-state index in [0.717, 1.165) is 25.9 Å². The van der Waals surface area contributed by atoms with Crippen molar-refractivity contribution in [3.05, 3.63) is 0 Å². The van der Waals surface area contributed by atoms with E-state index in [0.29, 0.717) is 5.92 Å². The number of ether oxygens (including phenoxy) is 1. The van der Waals surface area contributed by atoms with Gasteiger partial charge in [-0.15, -0.1) is 0 Å². The molecule has 1 rings (SSSR count). The van der Waals surface area contributed by atoms with Gasteiger partial charge in [0.25, 0.3) is 0 Å².